The predicted molar refractivity (Wildman–Crippen MR) is 90.8 cm³/mol. The summed E-state index contributed by atoms with van der Waals surface area (Å²) in [6, 6.07) is 9.67. The number of thiophene rings is 1. The van der Waals surface area contributed by atoms with Gasteiger partial charge in [0.2, 0.25) is 5.91 Å². The lowest BCUT2D eigenvalue weighted by Crippen LogP contribution is -2.32. The van der Waals surface area contributed by atoms with Crippen molar-refractivity contribution in [2.75, 3.05) is 18.5 Å². The summed E-state index contributed by atoms with van der Waals surface area (Å²) in [6.07, 6.45) is 0. The first-order chi connectivity index (χ1) is 10.9. The largest absolute Gasteiger partial charge is 0.494 e. The number of amides is 1. The van der Waals surface area contributed by atoms with Gasteiger partial charge in [-0.3, -0.25) is 4.79 Å². The molecule has 0 atom stereocenters. The Hall–Kier alpha value is -1.61. The molecule has 0 spiro atoms. The lowest BCUT2D eigenvalue weighted by Gasteiger charge is -2.08. The summed E-state index contributed by atoms with van der Waals surface area (Å²) < 4.78 is 31.9. The number of hydrogen-bond acceptors (Lipinski definition) is 5. The third-order valence-electron chi connectivity index (χ3n) is 2.69. The molecule has 1 aromatic heterocycles. The van der Waals surface area contributed by atoms with Gasteiger partial charge in [-0.1, -0.05) is 11.6 Å². The van der Waals surface area contributed by atoms with Crippen LogP contribution in [0.25, 0.3) is 0 Å². The Kier molecular flexibility index (Phi) is 6.00. The number of rotatable bonds is 7. The van der Waals surface area contributed by atoms with Crippen molar-refractivity contribution in [3.8, 4) is 5.75 Å². The van der Waals surface area contributed by atoms with Gasteiger partial charge in [0.05, 0.1) is 17.5 Å². The molecule has 0 aliphatic heterocycles. The van der Waals surface area contributed by atoms with Gasteiger partial charge in [-0.25, -0.2) is 13.1 Å². The van der Waals surface area contributed by atoms with Gasteiger partial charge in [0.1, 0.15) is 9.96 Å². The quantitative estimate of drug-likeness (QED) is 0.780. The number of carbonyl (C=O) groups is 1. The molecule has 9 heteroatoms. The van der Waals surface area contributed by atoms with Crippen LogP contribution in [0.5, 0.6) is 5.75 Å². The highest BCUT2D eigenvalue weighted by molar-refractivity contribution is 7.91. The van der Waals surface area contributed by atoms with Crippen molar-refractivity contribution in [1.82, 2.24) is 4.72 Å². The van der Waals surface area contributed by atoms with E-state index in [-0.39, 0.29) is 10.8 Å². The van der Waals surface area contributed by atoms with E-state index in [2.05, 4.69) is 10.0 Å². The third kappa shape index (κ3) is 5.21. The first kappa shape index (κ1) is 17.7. The van der Waals surface area contributed by atoms with E-state index in [1.807, 2.05) is 6.92 Å². The number of halogens is 1. The van der Waals surface area contributed by atoms with E-state index in [1.165, 1.54) is 12.1 Å². The number of anilines is 1. The average Bonchev–Trinajstić information content (AvgIpc) is 2.95. The molecule has 0 fully saturated rings. The Bertz CT molecular complexity index is 772. The highest BCUT2D eigenvalue weighted by atomic mass is 35.5. The molecule has 1 aromatic carbocycles. The molecule has 2 N–H and O–H groups in total. The van der Waals surface area contributed by atoms with Crippen LogP contribution in [0, 0.1) is 0 Å². The molecule has 124 valence electrons. The Morgan fingerprint density at radius 3 is 2.48 bits per heavy atom. The molecule has 0 aliphatic rings. The number of carbonyl (C=O) groups excluding carboxylic acids is 1. The molecule has 1 heterocycles. The van der Waals surface area contributed by atoms with E-state index >= 15 is 0 Å². The topological polar surface area (TPSA) is 84.5 Å². The van der Waals surface area contributed by atoms with Crippen molar-refractivity contribution in [2.45, 2.75) is 11.1 Å². The highest BCUT2D eigenvalue weighted by Gasteiger charge is 2.17. The molecule has 6 nitrogen and oxygen atoms in total. The van der Waals surface area contributed by atoms with E-state index < -0.39 is 15.9 Å². The lowest BCUT2D eigenvalue weighted by atomic mass is 10.3. The Morgan fingerprint density at radius 1 is 1.22 bits per heavy atom. The molecule has 0 aliphatic carbocycles. The second kappa shape index (κ2) is 7.78. The van der Waals surface area contributed by atoms with Crippen LogP contribution in [-0.2, 0) is 14.8 Å². The van der Waals surface area contributed by atoms with Gasteiger partial charge in [-0.15, -0.1) is 11.3 Å². The normalized spacial score (nSPS) is 11.2. The number of ether oxygens (including phenoxy) is 1. The second-order valence-corrected chi connectivity index (χ2v) is 8.10. The van der Waals surface area contributed by atoms with E-state index in [0.717, 1.165) is 11.3 Å². The smallest absolute Gasteiger partial charge is 0.250 e. The van der Waals surface area contributed by atoms with E-state index in [0.29, 0.717) is 22.4 Å². The average molecular weight is 375 g/mol. The SMILES string of the molecule is CCOc1ccc(NC(=O)CNS(=O)(=O)c2ccc(Cl)s2)cc1. The maximum absolute atomic E-state index is 12.0. The van der Waals surface area contributed by atoms with Gasteiger partial charge >= 0.3 is 0 Å². The van der Waals surface area contributed by atoms with Crippen molar-refractivity contribution < 1.29 is 17.9 Å². The minimum atomic E-state index is -3.74. The summed E-state index contributed by atoms with van der Waals surface area (Å²) in [5.74, 6) is 0.223. The van der Waals surface area contributed by atoms with Gasteiger partial charge in [0.15, 0.2) is 0 Å². The van der Waals surface area contributed by atoms with Gasteiger partial charge in [-0.05, 0) is 43.3 Å². The standard InChI is InChI=1S/C14H15ClN2O4S2/c1-2-21-11-5-3-10(4-6-11)17-13(18)9-16-23(19,20)14-8-7-12(15)22-14/h3-8,16H,2,9H2,1H3,(H,17,18). The molecule has 0 bridgehead atoms. The minimum absolute atomic E-state index is 0.0661. The monoisotopic (exact) mass is 374 g/mol. The Labute approximate surface area is 143 Å². The van der Waals surface area contributed by atoms with E-state index in [1.54, 1.807) is 24.3 Å². The first-order valence-corrected chi connectivity index (χ1v) is 9.36. The Morgan fingerprint density at radius 2 is 1.91 bits per heavy atom. The number of nitrogens with one attached hydrogen (secondary N) is 2. The highest BCUT2D eigenvalue weighted by Crippen LogP contribution is 2.25. The fourth-order valence-electron chi connectivity index (χ4n) is 1.68. The molecular weight excluding hydrogens is 360 g/mol. The summed E-state index contributed by atoms with van der Waals surface area (Å²) >= 11 is 6.63. The molecule has 0 radical (unpaired) electrons. The van der Waals surface area contributed by atoms with E-state index in [4.69, 9.17) is 16.3 Å². The van der Waals surface area contributed by atoms with Crippen LogP contribution < -0.4 is 14.8 Å². The zero-order valence-electron chi connectivity index (χ0n) is 12.2. The molecule has 23 heavy (non-hydrogen) atoms. The first-order valence-electron chi connectivity index (χ1n) is 6.68. The third-order valence-corrected chi connectivity index (χ3v) is 5.81. The number of hydrogen-bond donors (Lipinski definition) is 2. The zero-order valence-corrected chi connectivity index (χ0v) is 14.6. The van der Waals surface area contributed by atoms with Gasteiger partial charge in [-0.2, -0.15) is 0 Å². The van der Waals surface area contributed by atoms with Crippen LogP contribution in [0.4, 0.5) is 5.69 Å². The predicted octanol–water partition coefficient (Wildman–Crippen LogP) is 2.72. The minimum Gasteiger partial charge on any atom is -0.494 e. The van der Waals surface area contributed by atoms with Crippen molar-refractivity contribution in [3.05, 3.63) is 40.7 Å². The molecule has 2 aromatic rings. The summed E-state index contributed by atoms with van der Waals surface area (Å²) in [7, 11) is -3.74. The molecule has 2 rings (SSSR count). The van der Waals surface area contributed by atoms with Crippen LogP contribution in [-0.4, -0.2) is 27.5 Å². The van der Waals surface area contributed by atoms with Crippen LogP contribution in [0.15, 0.2) is 40.6 Å². The zero-order chi connectivity index (χ0) is 16.9. The summed E-state index contributed by atoms with van der Waals surface area (Å²) in [5, 5.41) is 2.60. The van der Waals surface area contributed by atoms with E-state index in [9.17, 15) is 13.2 Å². The summed E-state index contributed by atoms with van der Waals surface area (Å²) in [4.78, 5) is 11.8. The van der Waals surface area contributed by atoms with Crippen LogP contribution in [0.1, 0.15) is 6.92 Å². The number of benzene rings is 1. The van der Waals surface area contributed by atoms with Crippen molar-refractivity contribution in [3.63, 3.8) is 0 Å². The molecule has 0 unspecified atom stereocenters. The molecular formula is C14H15ClN2O4S2. The van der Waals surface area contributed by atoms with Crippen molar-refractivity contribution in [2.24, 2.45) is 0 Å². The number of sulfonamides is 1. The summed E-state index contributed by atoms with van der Waals surface area (Å²) in [6.45, 7) is 2.06. The fraction of sp³-hybridized carbons (Fsp3) is 0.214. The maximum atomic E-state index is 12.0. The van der Waals surface area contributed by atoms with Gasteiger partial charge in [0, 0.05) is 5.69 Å². The van der Waals surface area contributed by atoms with Gasteiger partial charge < -0.3 is 10.1 Å². The maximum Gasteiger partial charge on any atom is 0.250 e. The summed E-state index contributed by atoms with van der Waals surface area (Å²) in [5.41, 5.74) is 0.553. The fourth-order valence-corrected chi connectivity index (χ4v) is 4.19. The van der Waals surface area contributed by atoms with Crippen molar-refractivity contribution in [1.29, 1.82) is 0 Å². The molecule has 0 saturated heterocycles. The van der Waals surface area contributed by atoms with Crippen LogP contribution in [0.3, 0.4) is 0 Å². The van der Waals surface area contributed by atoms with Gasteiger partial charge in [0.25, 0.3) is 10.0 Å². The Balaban J connectivity index is 1.89. The molecule has 0 saturated carbocycles. The van der Waals surface area contributed by atoms with Crippen LogP contribution >= 0.6 is 22.9 Å². The second-order valence-electron chi connectivity index (χ2n) is 4.39. The van der Waals surface area contributed by atoms with Crippen molar-refractivity contribution >= 4 is 44.6 Å². The molecule has 1 amide bonds. The lowest BCUT2D eigenvalue weighted by molar-refractivity contribution is -0.115. The van der Waals surface area contributed by atoms with Crippen LogP contribution in [0.2, 0.25) is 4.34 Å².